The highest BCUT2D eigenvalue weighted by Gasteiger charge is 2.31. The first-order chi connectivity index (χ1) is 14.4. The van der Waals surface area contributed by atoms with Crippen molar-refractivity contribution in [3.8, 4) is 5.75 Å². The van der Waals surface area contributed by atoms with Gasteiger partial charge in [0.05, 0.1) is 11.0 Å². The molecule has 168 valence electrons. The molecule has 0 radical (unpaired) electrons. The summed E-state index contributed by atoms with van der Waals surface area (Å²) >= 11 is 0. The molecular weight excluding hydrogens is 388 g/mol. The average molecular weight is 425 g/mol. The zero-order valence-electron chi connectivity index (χ0n) is 19.7. The van der Waals surface area contributed by atoms with Crippen LogP contribution in [0.25, 0.3) is 0 Å². The molecule has 0 amide bonds. The van der Waals surface area contributed by atoms with E-state index in [-0.39, 0.29) is 27.5 Å². The molecule has 1 aliphatic heterocycles. The zero-order chi connectivity index (χ0) is 23.0. The van der Waals surface area contributed by atoms with Crippen LogP contribution in [0.4, 0.5) is 5.69 Å². The number of phenols is 1. The Morgan fingerprint density at radius 1 is 0.871 bits per heavy atom. The van der Waals surface area contributed by atoms with Gasteiger partial charge in [-0.3, -0.25) is 15.0 Å². The van der Waals surface area contributed by atoms with Gasteiger partial charge in [0.15, 0.2) is 0 Å². The number of nitro benzene ring substituents is 1. The molecule has 0 spiro atoms. The molecule has 1 aliphatic rings. The van der Waals surface area contributed by atoms with Crippen LogP contribution >= 0.6 is 0 Å². The molecule has 0 bridgehead atoms. The predicted molar refractivity (Wildman–Crippen MR) is 126 cm³/mol. The van der Waals surface area contributed by atoms with Gasteiger partial charge >= 0.3 is 0 Å². The van der Waals surface area contributed by atoms with Gasteiger partial charge in [-0.15, -0.1) is 0 Å². The Bertz CT molecular complexity index is 896. The van der Waals surface area contributed by atoms with E-state index in [2.05, 4.69) is 58.6 Å². The van der Waals surface area contributed by atoms with Crippen molar-refractivity contribution in [1.82, 2.24) is 4.90 Å². The highest BCUT2D eigenvalue weighted by atomic mass is 16.6. The van der Waals surface area contributed by atoms with Crippen LogP contribution in [-0.4, -0.2) is 28.0 Å². The number of rotatable bonds is 4. The van der Waals surface area contributed by atoms with Gasteiger partial charge in [-0.1, -0.05) is 60.1 Å². The normalized spacial score (nSPS) is 16.8. The van der Waals surface area contributed by atoms with E-state index >= 15 is 0 Å². The van der Waals surface area contributed by atoms with E-state index in [1.807, 2.05) is 12.1 Å². The number of phenolic OH excluding ortho intramolecular Hbond substituents is 1. The average Bonchev–Trinajstić information content (AvgIpc) is 2.68. The lowest BCUT2D eigenvalue weighted by Gasteiger charge is -2.37. The molecule has 1 saturated heterocycles. The molecule has 1 heterocycles. The predicted octanol–water partition coefficient (Wildman–Crippen LogP) is 6.47. The van der Waals surface area contributed by atoms with Crippen LogP contribution in [0.2, 0.25) is 0 Å². The lowest BCUT2D eigenvalue weighted by molar-refractivity contribution is -0.384. The standard InChI is InChI=1S/C26H36N2O3/c1-25(2,3)21-16-19(17-22(24(21)29)26(4,5)6)23(27-14-8-7-9-15-27)18-10-12-20(13-11-18)28(30)31/h10-13,16-17,23,29H,7-9,14-15H2,1-6H3. The molecule has 2 aromatic carbocycles. The van der Waals surface area contributed by atoms with Crippen molar-refractivity contribution in [1.29, 1.82) is 0 Å². The Hall–Kier alpha value is -2.40. The third kappa shape index (κ3) is 5.09. The van der Waals surface area contributed by atoms with Gasteiger partial charge in [-0.05, 0) is 71.1 Å². The summed E-state index contributed by atoms with van der Waals surface area (Å²) in [4.78, 5) is 13.3. The van der Waals surface area contributed by atoms with E-state index in [0.717, 1.165) is 48.2 Å². The molecule has 1 N–H and O–H groups in total. The van der Waals surface area contributed by atoms with Crippen molar-refractivity contribution in [2.75, 3.05) is 13.1 Å². The van der Waals surface area contributed by atoms with Crippen LogP contribution in [0, 0.1) is 10.1 Å². The smallest absolute Gasteiger partial charge is 0.269 e. The topological polar surface area (TPSA) is 66.6 Å². The Morgan fingerprint density at radius 2 is 1.35 bits per heavy atom. The first kappa shape index (κ1) is 23.3. The number of aromatic hydroxyl groups is 1. The van der Waals surface area contributed by atoms with Gasteiger partial charge in [-0.2, -0.15) is 0 Å². The second-order valence-electron chi connectivity index (χ2n) is 10.8. The maximum Gasteiger partial charge on any atom is 0.269 e. The first-order valence-electron chi connectivity index (χ1n) is 11.3. The molecule has 1 atom stereocenters. The van der Waals surface area contributed by atoms with Crippen LogP contribution in [0.3, 0.4) is 0 Å². The molecular formula is C26H36N2O3. The fourth-order valence-corrected chi connectivity index (χ4v) is 4.53. The first-order valence-corrected chi connectivity index (χ1v) is 11.3. The van der Waals surface area contributed by atoms with Crippen LogP contribution < -0.4 is 0 Å². The number of likely N-dealkylation sites (tertiary alicyclic amines) is 1. The van der Waals surface area contributed by atoms with Gasteiger partial charge in [0, 0.05) is 12.1 Å². The third-order valence-corrected chi connectivity index (χ3v) is 6.24. The highest BCUT2D eigenvalue weighted by Crippen LogP contribution is 2.43. The van der Waals surface area contributed by atoms with Crippen molar-refractivity contribution >= 4 is 5.69 Å². The largest absolute Gasteiger partial charge is 0.507 e. The lowest BCUT2D eigenvalue weighted by Crippen LogP contribution is -2.34. The number of non-ortho nitro benzene ring substituents is 1. The van der Waals surface area contributed by atoms with E-state index in [4.69, 9.17) is 0 Å². The van der Waals surface area contributed by atoms with Gasteiger partial charge in [-0.25, -0.2) is 0 Å². The summed E-state index contributed by atoms with van der Waals surface area (Å²) in [6.45, 7) is 14.7. The second-order valence-corrected chi connectivity index (χ2v) is 10.8. The summed E-state index contributed by atoms with van der Waals surface area (Å²) in [6, 6.07) is 11.3. The van der Waals surface area contributed by atoms with E-state index < -0.39 is 0 Å². The number of nitrogens with zero attached hydrogens (tertiary/aromatic N) is 2. The molecule has 5 nitrogen and oxygen atoms in total. The second kappa shape index (κ2) is 8.62. The number of nitro groups is 1. The van der Waals surface area contributed by atoms with Crippen molar-refractivity contribution in [2.45, 2.75) is 77.7 Å². The van der Waals surface area contributed by atoms with Crippen LogP contribution in [0.15, 0.2) is 36.4 Å². The molecule has 0 aromatic heterocycles. The molecule has 3 rings (SSSR count). The molecule has 1 fully saturated rings. The molecule has 1 unspecified atom stereocenters. The Kier molecular flexibility index (Phi) is 6.47. The van der Waals surface area contributed by atoms with E-state index in [0.29, 0.717) is 5.75 Å². The van der Waals surface area contributed by atoms with Crippen LogP contribution in [0.5, 0.6) is 5.75 Å². The van der Waals surface area contributed by atoms with Crippen molar-refractivity contribution in [3.63, 3.8) is 0 Å². The summed E-state index contributed by atoms with van der Waals surface area (Å²) < 4.78 is 0. The SMILES string of the molecule is CC(C)(C)c1cc(C(c2ccc([N+](=O)[O-])cc2)N2CCCCC2)cc(C(C)(C)C)c1O. The molecule has 2 aromatic rings. The monoisotopic (exact) mass is 424 g/mol. The molecule has 31 heavy (non-hydrogen) atoms. The fraction of sp³-hybridized carbons (Fsp3) is 0.538. The summed E-state index contributed by atoms with van der Waals surface area (Å²) in [5, 5.41) is 22.3. The Balaban J connectivity index is 2.21. The lowest BCUT2D eigenvalue weighted by atomic mass is 9.77. The summed E-state index contributed by atoms with van der Waals surface area (Å²) in [5.41, 5.74) is 3.78. The zero-order valence-corrected chi connectivity index (χ0v) is 19.7. The third-order valence-electron chi connectivity index (χ3n) is 6.24. The van der Waals surface area contributed by atoms with E-state index in [9.17, 15) is 15.2 Å². The van der Waals surface area contributed by atoms with Crippen LogP contribution in [-0.2, 0) is 10.8 Å². The van der Waals surface area contributed by atoms with E-state index in [1.165, 1.54) is 6.42 Å². The van der Waals surface area contributed by atoms with Gasteiger partial charge in [0.2, 0.25) is 0 Å². The van der Waals surface area contributed by atoms with E-state index in [1.54, 1.807) is 12.1 Å². The van der Waals surface area contributed by atoms with Crippen molar-refractivity contribution in [3.05, 3.63) is 68.8 Å². The van der Waals surface area contributed by atoms with Gasteiger partial charge in [0.25, 0.3) is 5.69 Å². The minimum Gasteiger partial charge on any atom is -0.507 e. The summed E-state index contributed by atoms with van der Waals surface area (Å²) in [6.07, 6.45) is 3.54. The Labute approximate surface area is 186 Å². The van der Waals surface area contributed by atoms with Gasteiger partial charge in [0.1, 0.15) is 5.75 Å². The van der Waals surface area contributed by atoms with Gasteiger partial charge < -0.3 is 5.11 Å². The maximum absolute atomic E-state index is 11.2. The highest BCUT2D eigenvalue weighted by molar-refractivity contribution is 5.52. The number of hydrogen-bond acceptors (Lipinski definition) is 4. The number of benzene rings is 2. The van der Waals surface area contributed by atoms with Crippen molar-refractivity contribution < 1.29 is 10.0 Å². The molecule has 5 heteroatoms. The minimum absolute atomic E-state index is 0.00361. The summed E-state index contributed by atoms with van der Waals surface area (Å²) in [5.74, 6) is 0.379. The quantitative estimate of drug-likeness (QED) is 0.451. The fourth-order valence-electron chi connectivity index (χ4n) is 4.53. The maximum atomic E-state index is 11.2. The molecule has 0 aliphatic carbocycles. The van der Waals surface area contributed by atoms with Crippen molar-refractivity contribution in [2.24, 2.45) is 0 Å². The summed E-state index contributed by atoms with van der Waals surface area (Å²) in [7, 11) is 0. The number of piperidine rings is 1. The van der Waals surface area contributed by atoms with Crippen LogP contribution in [0.1, 0.15) is 89.1 Å². The number of hydrogen-bond donors (Lipinski definition) is 1. The minimum atomic E-state index is -0.352. The molecule has 0 saturated carbocycles. The Morgan fingerprint density at radius 3 is 1.77 bits per heavy atom.